The Bertz CT molecular complexity index is 446. The Kier molecular flexibility index (Phi) is 15.3. The van der Waals surface area contributed by atoms with Gasteiger partial charge in [0.25, 0.3) is 0 Å². The van der Waals surface area contributed by atoms with E-state index in [4.69, 9.17) is 20.9 Å². The maximum atomic E-state index is 12.1. The third kappa shape index (κ3) is 12.6. The van der Waals surface area contributed by atoms with Gasteiger partial charge >= 0.3 is 0 Å². The molecule has 0 radical (unpaired) electrons. The molecule has 148 valence electrons. The average Bonchev–Trinajstić information content (AvgIpc) is 2.90. The number of hydrogen-bond donors (Lipinski definition) is 3. The quantitative estimate of drug-likeness (QED) is 0.717. The minimum Gasteiger partial charge on any atom is -0.495 e. The molecule has 7 heteroatoms. The smallest absolute Gasteiger partial charge is 0.249 e. The lowest BCUT2D eigenvalue weighted by Crippen LogP contribution is -2.18. The first kappa shape index (κ1) is 25.8. The number of ether oxygens (including phenoxy) is 2. The third-order valence-corrected chi connectivity index (χ3v) is 3.05. The normalized spacial score (nSPS) is 17.1. The summed E-state index contributed by atoms with van der Waals surface area (Å²) in [6.45, 7) is 4.58. The van der Waals surface area contributed by atoms with Gasteiger partial charge < -0.3 is 26.3 Å². The SMILES string of the molecule is CC.CNC.COCc1ccc(N)c(OC)c1.N[C@@H]1CCC(F)(F)C1. The summed E-state index contributed by atoms with van der Waals surface area (Å²) in [5.74, 6) is -1.76. The van der Waals surface area contributed by atoms with Crippen LogP contribution in [0, 0.1) is 0 Å². The molecule has 0 unspecified atom stereocenters. The van der Waals surface area contributed by atoms with Gasteiger partial charge in [-0.05, 0) is 38.2 Å². The largest absolute Gasteiger partial charge is 0.495 e. The molecule has 1 atom stereocenters. The predicted octanol–water partition coefficient (Wildman–Crippen LogP) is 3.42. The van der Waals surface area contributed by atoms with Crippen molar-refractivity contribution in [2.24, 2.45) is 5.73 Å². The Labute approximate surface area is 151 Å². The summed E-state index contributed by atoms with van der Waals surface area (Å²) in [6.07, 6.45) is 0.341. The molecule has 0 aromatic heterocycles. The van der Waals surface area contributed by atoms with Crippen molar-refractivity contribution in [3.05, 3.63) is 23.8 Å². The number of halogens is 2. The summed E-state index contributed by atoms with van der Waals surface area (Å²) < 4.78 is 34.3. The Morgan fingerprint density at radius 3 is 2.12 bits per heavy atom. The summed E-state index contributed by atoms with van der Waals surface area (Å²) in [5.41, 5.74) is 12.6. The van der Waals surface area contributed by atoms with E-state index < -0.39 is 5.92 Å². The second-order valence-corrected chi connectivity index (χ2v) is 5.37. The van der Waals surface area contributed by atoms with Gasteiger partial charge in [-0.15, -0.1) is 0 Å². The first-order valence-electron chi connectivity index (χ1n) is 8.42. The van der Waals surface area contributed by atoms with Crippen LogP contribution in [-0.4, -0.2) is 40.3 Å². The Morgan fingerprint density at radius 2 is 1.80 bits per heavy atom. The van der Waals surface area contributed by atoms with Crippen LogP contribution in [0.15, 0.2) is 18.2 Å². The van der Waals surface area contributed by atoms with Crippen LogP contribution >= 0.6 is 0 Å². The van der Waals surface area contributed by atoms with Crippen LogP contribution in [0.3, 0.4) is 0 Å². The maximum absolute atomic E-state index is 12.1. The second kappa shape index (κ2) is 14.9. The zero-order valence-electron chi connectivity index (χ0n) is 16.4. The van der Waals surface area contributed by atoms with Crippen LogP contribution in [0.4, 0.5) is 14.5 Å². The van der Waals surface area contributed by atoms with Crippen LogP contribution < -0.4 is 21.5 Å². The molecule has 25 heavy (non-hydrogen) atoms. The summed E-state index contributed by atoms with van der Waals surface area (Å²) in [6, 6.07) is 5.35. The van der Waals surface area contributed by atoms with Crippen molar-refractivity contribution in [3.63, 3.8) is 0 Å². The highest BCUT2D eigenvalue weighted by Gasteiger charge is 2.37. The number of anilines is 1. The van der Waals surface area contributed by atoms with E-state index in [2.05, 4.69) is 5.32 Å². The zero-order valence-corrected chi connectivity index (χ0v) is 16.4. The number of methoxy groups -OCH3 is 2. The first-order valence-corrected chi connectivity index (χ1v) is 8.42. The topological polar surface area (TPSA) is 82.5 Å². The lowest BCUT2D eigenvalue weighted by atomic mass is 10.2. The highest BCUT2D eigenvalue weighted by molar-refractivity contribution is 5.53. The Morgan fingerprint density at radius 1 is 1.24 bits per heavy atom. The molecule has 1 aromatic rings. The van der Waals surface area contributed by atoms with Gasteiger partial charge in [-0.3, -0.25) is 0 Å². The van der Waals surface area contributed by atoms with Crippen molar-refractivity contribution in [1.82, 2.24) is 5.32 Å². The molecule has 0 amide bonds. The number of hydrogen-bond acceptors (Lipinski definition) is 5. The monoisotopic (exact) mass is 363 g/mol. The molecule has 1 aliphatic rings. The van der Waals surface area contributed by atoms with Gasteiger partial charge in [-0.25, -0.2) is 8.78 Å². The predicted molar refractivity (Wildman–Crippen MR) is 101 cm³/mol. The van der Waals surface area contributed by atoms with E-state index >= 15 is 0 Å². The number of benzene rings is 1. The van der Waals surface area contributed by atoms with Crippen LogP contribution in [0.25, 0.3) is 0 Å². The highest BCUT2D eigenvalue weighted by atomic mass is 19.3. The molecular weight excluding hydrogens is 328 g/mol. The number of nitrogens with two attached hydrogens (primary N) is 2. The van der Waals surface area contributed by atoms with Crippen LogP contribution in [0.2, 0.25) is 0 Å². The lowest BCUT2D eigenvalue weighted by molar-refractivity contribution is 0.00803. The van der Waals surface area contributed by atoms with E-state index in [1.54, 1.807) is 14.2 Å². The molecule has 5 N–H and O–H groups in total. The summed E-state index contributed by atoms with van der Waals surface area (Å²) in [4.78, 5) is 0. The fourth-order valence-corrected chi connectivity index (χ4v) is 2.00. The highest BCUT2D eigenvalue weighted by Crippen LogP contribution is 2.33. The van der Waals surface area contributed by atoms with Gasteiger partial charge in [-0.2, -0.15) is 0 Å². The van der Waals surface area contributed by atoms with Gasteiger partial charge in [0.1, 0.15) is 5.75 Å². The van der Waals surface area contributed by atoms with E-state index in [1.165, 1.54) is 0 Å². The van der Waals surface area contributed by atoms with Crippen molar-refractivity contribution < 1.29 is 18.3 Å². The molecular formula is C18H35F2N3O2. The third-order valence-electron chi connectivity index (χ3n) is 3.05. The zero-order chi connectivity index (χ0) is 19.9. The number of rotatable bonds is 3. The fourth-order valence-electron chi connectivity index (χ4n) is 2.00. The number of alkyl halides is 2. The van der Waals surface area contributed by atoms with Gasteiger partial charge in [0, 0.05) is 26.0 Å². The first-order chi connectivity index (χ1) is 11.8. The molecule has 1 aromatic carbocycles. The van der Waals surface area contributed by atoms with E-state index in [0.717, 1.165) is 5.56 Å². The average molecular weight is 363 g/mol. The molecule has 1 aliphatic carbocycles. The van der Waals surface area contributed by atoms with E-state index in [0.29, 0.717) is 24.5 Å². The standard InChI is InChI=1S/C9H13NO2.C5H9F2N.C2H7N.C2H6/c1-11-6-7-3-4-8(10)9(5-7)12-2;6-5(7)2-1-4(8)3-5;1-3-2;1-2/h3-5H,6,10H2,1-2H3;4H,1-3,8H2;3H,1-2H3;1-2H3/t;4-;;/m.1../s1. The van der Waals surface area contributed by atoms with Gasteiger partial charge in [0.15, 0.2) is 0 Å². The van der Waals surface area contributed by atoms with E-state index in [-0.39, 0.29) is 18.9 Å². The van der Waals surface area contributed by atoms with Crippen molar-refractivity contribution >= 4 is 5.69 Å². The molecule has 0 saturated heterocycles. The van der Waals surface area contributed by atoms with E-state index in [1.807, 2.05) is 46.1 Å². The second-order valence-electron chi connectivity index (χ2n) is 5.37. The van der Waals surface area contributed by atoms with Crippen molar-refractivity contribution in [2.45, 2.75) is 51.7 Å². The number of nitrogen functional groups attached to an aromatic ring is 1. The van der Waals surface area contributed by atoms with Gasteiger partial charge in [-0.1, -0.05) is 19.9 Å². The minimum atomic E-state index is -2.46. The summed E-state index contributed by atoms with van der Waals surface area (Å²) in [7, 11) is 7.01. The Balaban J connectivity index is 0. The fraction of sp³-hybridized carbons (Fsp3) is 0.667. The van der Waals surface area contributed by atoms with Crippen LogP contribution in [-0.2, 0) is 11.3 Å². The molecule has 0 bridgehead atoms. The van der Waals surface area contributed by atoms with Crippen molar-refractivity contribution in [2.75, 3.05) is 34.0 Å². The minimum absolute atomic E-state index is 0.0197. The van der Waals surface area contributed by atoms with Crippen LogP contribution in [0.5, 0.6) is 5.75 Å². The van der Waals surface area contributed by atoms with E-state index in [9.17, 15) is 8.78 Å². The molecule has 0 aliphatic heterocycles. The Hall–Kier alpha value is -1.44. The van der Waals surface area contributed by atoms with Crippen LogP contribution in [0.1, 0.15) is 38.7 Å². The molecule has 2 rings (SSSR count). The number of nitrogens with one attached hydrogen (secondary N) is 1. The molecule has 0 heterocycles. The molecule has 5 nitrogen and oxygen atoms in total. The van der Waals surface area contributed by atoms with Crippen molar-refractivity contribution in [1.29, 1.82) is 0 Å². The molecule has 1 fully saturated rings. The molecule has 1 saturated carbocycles. The molecule has 0 spiro atoms. The van der Waals surface area contributed by atoms with Gasteiger partial charge in [0.2, 0.25) is 5.92 Å². The summed E-state index contributed by atoms with van der Waals surface area (Å²) >= 11 is 0. The maximum Gasteiger partial charge on any atom is 0.249 e. The van der Waals surface area contributed by atoms with Gasteiger partial charge in [0.05, 0.1) is 19.4 Å². The summed E-state index contributed by atoms with van der Waals surface area (Å²) in [5, 5.41) is 2.75. The van der Waals surface area contributed by atoms with Crippen molar-refractivity contribution in [3.8, 4) is 5.75 Å². The lowest BCUT2D eigenvalue weighted by Gasteiger charge is -2.06.